The van der Waals surface area contributed by atoms with Crippen LogP contribution in [0.15, 0.2) is 42.6 Å². The molecule has 0 saturated heterocycles. The highest BCUT2D eigenvalue weighted by Crippen LogP contribution is 2.36. The maximum atomic E-state index is 13.4. The molecule has 0 bridgehead atoms. The Labute approximate surface area is 183 Å². The Kier molecular flexibility index (Phi) is 7.43. The summed E-state index contributed by atoms with van der Waals surface area (Å²) in [6, 6.07) is 11.2. The largest absolute Gasteiger partial charge is 0.348 e. The summed E-state index contributed by atoms with van der Waals surface area (Å²) in [6.07, 6.45) is 2.89. The number of urea groups is 1. The maximum Gasteiger partial charge on any atom is 0.317 e. The molecule has 7 heteroatoms. The van der Waals surface area contributed by atoms with E-state index in [9.17, 15) is 9.59 Å². The third-order valence-corrected chi connectivity index (χ3v) is 5.63. The summed E-state index contributed by atoms with van der Waals surface area (Å²) >= 11 is 6.52. The van der Waals surface area contributed by atoms with Crippen LogP contribution in [0.25, 0.3) is 0 Å². The number of nitrogens with zero attached hydrogens (tertiary/aromatic N) is 3. The van der Waals surface area contributed by atoms with Gasteiger partial charge in [-0.3, -0.25) is 4.79 Å². The molecule has 6 nitrogen and oxygen atoms in total. The first-order valence-corrected chi connectivity index (χ1v) is 11.0. The highest BCUT2D eigenvalue weighted by atomic mass is 35.5. The van der Waals surface area contributed by atoms with Crippen LogP contribution < -0.4 is 5.32 Å². The van der Waals surface area contributed by atoms with Gasteiger partial charge in [0.2, 0.25) is 5.91 Å². The average molecular weight is 431 g/mol. The van der Waals surface area contributed by atoms with Gasteiger partial charge in [-0.05, 0) is 36.1 Å². The van der Waals surface area contributed by atoms with Crippen molar-refractivity contribution >= 4 is 23.5 Å². The quantitative estimate of drug-likeness (QED) is 0.717. The summed E-state index contributed by atoms with van der Waals surface area (Å²) in [5.41, 5.74) is 1.94. The predicted molar refractivity (Wildman–Crippen MR) is 120 cm³/mol. The van der Waals surface area contributed by atoms with E-state index in [2.05, 4.69) is 9.88 Å². The normalized spacial score (nSPS) is 15.8. The lowest BCUT2D eigenvalue weighted by molar-refractivity contribution is -0.134. The summed E-state index contributed by atoms with van der Waals surface area (Å²) in [5, 5.41) is 3.53. The monoisotopic (exact) mass is 430 g/mol. The van der Waals surface area contributed by atoms with Crippen LogP contribution in [0.5, 0.6) is 0 Å². The number of amides is 3. The van der Waals surface area contributed by atoms with Gasteiger partial charge in [-0.15, -0.1) is 0 Å². The first-order chi connectivity index (χ1) is 14.4. The molecule has 162 valence electrons. The average Bonchev–Trinajstić information content (AvgIpc) is 3.19. The molecule has 0 radical (unpaired) electrons. The molecule has 2 aromatic rings. The highest BCUT2D eigenvalue weighted by molar-refractivity contribution is 6.31. The minimum atomic E-state index is -0.269. The summed E-state index contributed by atoms with van der Waals surface area (Å²) in [5.74, 6) is 0.197. The number of aromatic nitrogens is 1. The van der Waals surface area contributed by atoms with Crippen LogP contribution in [0.1, 0.15) is 44.5 Å². The summed E-state index contributed by atoms with van der Waals surface area (Å²) in [6.45, 7) is 8.58. The number of halogens is 1. The number of rotatable bonds is 7. The zero-order chi connectivity index (χ0) is 21.7. The molecule has 3 rings (SSSR count). The van der Waals surface area contributed by atoms with Gasteiger partial charge in [0.15, 0.2) is 0 Å². The number of carbonyl (C=O) groups excluding carboxylic acids is 2. The van der Waals surface area contributed by atoms with Gasteiger partial charge in [-0.1, -0.05) is 50.6 Å². The fraction of sp³-hybridized carbons (Fsp3) is 0.478. The molecule has 1 N–H and O–H groups in total. The van der Waals surface area contributed by atoms with Gasteiger partial charge in [0.1, 0.15) is 6.54 Å². The van der Waals surface area contributed by atoms with E-state index in [1.54, 1.807) is 4.90 Å². The summed E-state index contributed by atoms with van der Waals surface area (Å²) in [7, 11) is 0. The second-order valence-corrected chi connectivity index (χ2v) is 8.55. The first-order valence-electron chi connectivity index (χ1n) is 10.6. The van der Waals surface area contributed by atoms with Crippen LogP contribution in [-0.4, -0.2) is 52.5 Å². The van der Waals surface area contributed by atoms with Crippen molar-refractivity contribution in [3.8, 4) is 0 Å². The Hall–Kier alpha value is -2.47. The van der Waals surface area contributed by atoms with Gasteiger partial charge in [-0.2, -0.15) is 0 Å². The second-order valence-electron chi connectivity index (χ2n) is 8.14. The lowest BCUT2D eigenvalue weighted by atomic mass is 9.99. The molecule has 2 heterocycles. The van der Waals surface area contributed by atoms with Crippen molar-refractivity contribution < 1.29 is 9.59 Å². The molecule has 1 aromatic heterocycles. The van der Waals surface area contributed by atoms with Gasteiger partial charge in [-0.25, -0.2) is 4.79 Å². The third kappa shape index (κ3) is 4.98. The van der Waals surface area contributed by atoms with Crippen molar-refractivity contribution in [2.75, 3.05) is 26.2 Å². The predicted octanol–water partition coefficient (Wildman–Crippen LogP) is 4.15. The van der Waals surface area contributed by atoms with E-state index in [4.69, 9.17) is 11.6 Å². The van der Waals surface area contributed by atoms with E-state index in [0.717, 1.165) is 24.2 Å². The Morgan fingerprint density at radius 3 is 2.67 bits per heavy atom. The van der Waals surface area contributed by atoms with E-state index in [1.807, 2.05) is 68.3 Å². The summed E-state index contributed by atoms with van der Waals surface area (Å²) < 4.78 is 2.16. The van der Waals surface area contributed by atoms with Crippen molar-refractivity contribution in [1.82, 2.24) is 19.7 Å². The number of fused-ring (bicyclic) bond motifs is 1. The molecule has 0 spiro atoms. The molecule has 1 aliphatic rings. The molecule has 0 aliphatic carbocycles. The smallest absolute Gasteiger partial charge is 0.317 e. The fourth-order valence-electron chi connectivity index (χ4n) is 3.93. The molecule has 1 atom stereocenters. The standard InChI is InChI=1S/C23H31ClN4O2/c1-4-11-25-23(30)27(15-17(2)3)16-21(29)28-14-13-26-12-7-10-20(26)22(28)18-8-5-6-9-19(18)24/h5-10,12,17,22H,4,11,13-16H2,1-3H3,(H,25,30)/t22-/m0/s1. The Balaban J connectivity index is 1.87. The van der Waals surface area contributed by atoms with E-state index >= 15 is 0 Å². The topological polar surface area (TPSA) is 57.6 Å². The van der Waals surface area contributed by atoms with E-state index in [-0.39, 0.29) is 30.4 Å². The van der Waals surface area contributed by atoms with Crippen LogP contribution in [0.2, 0.25) is 5.02 Å². The molecule has 1 aromatic carbocycles. The van der Waals surface area contributed by atoms with Gasteiger partial charge >= 0.3 is 6.03 Å². The van der Waals surface area contributed by atoms with Crippen molar-refractivity contribution in [3.05, 3.63) is 58.9 Å². The van der Waals surface area contributed by atoms with Gasteiger partial charge in [0, 0.05) is 43.1 Å². The lowest BCUT2D eigenvalue weighted by Crippen LogP contribution is -2.50. The van der Waals surface area contributed by atoms with Crippen LogP contribution >= 0.6 is 11.6 Å². The number of carbonyl (C=O) groups is 2. The second kappa shape index (κ2) is 10.0. The van der Waals surface area contributed by atoms with Crippen LogP contribution in [0.4, 0.5) is 4.79 Å². The van der Waals surface area contributed by atoms with Crippen LogP contribution in [-0.2, 0) is 11.3 Å². The minimum absolute atomic E-state index is 0.0510. The Bertz CT molecular complexity index is 880. The SMILES string of the molecule is CCCNC(=O)N(CC(=O)N1CCn2cccc2[C@@H]1c1ccccc1Cl)CC(C)C. The number of hydrogen-bond donors (Lipinski definition) is 1. The van der Waals surface area contributed by atoms with Crippen LogP contribution in [0.3, 0.4) is 0 Å². The van der Waals surface area contributed by atoms with Crippen molar-refractivity contribution in [2.24, 2.45) is 5.92 Å². The van der Waals surface area contributed by atoms with E-state index in [0.29, 0.717) is 24.7 Å². The zero-order valence-electron chi connectivity index (χ0n) is 18.0. The van der Waals surface area contributed by atoms with Gasteiger partial charge in [0.05, 0.1) is 6.04 Å². The number of hydrogen-bond acceptors (Lipinski definition) is 2. The Morgan fingerprint density at radius 1 is 1.20 bits per heavy atom. The summed E-state index contributed by atoms with van der Waals surface area (Å²) in [4.78, 5) is 29.6. The number of benzene rings is 1. The first kappa shape index (κ1) is 22.2. The molecule has 0 unspecified atom stereocenters. The van der Waals surface area contributed by atoms with E-state index in [1.165, 1.54) is 0 Å². The molecule has 1 aliphatic heterocycles. The van der Waals surface area contributed by atoms with Crippen molar-refractivity contribution in [2.45, 2.75) is 39.8 Å². The van der Waals surface area contributed by atoms with Crippen LogP contribution in [0, 0.1) is 5.92 Å². The molecule has 0 saturated carbocycles. The lowest BCUT2D eigenvalue weighted by Gasteiger charge is -2.39. The molecule has 3 amide bonds. The van der Waals surface area contributed by atoms with Gasteiger partial charge in [0.25, 0.3) is 0 Å². The minimum Gasteiger partial charge on any atom is -0.348 e. The number of nitrogens with one attached hydrogen (secondary N) is 1. The highest BCUT2D eigenvalue weighted by Gasteiger charge is 2.34. The molecule has 30 heavy (non-hydrogen) atoms. The maximum absolute atomic E-state index is 13.4. The van der Waals surface area contributed by atoms with Crippen molar-refractivity contribution in [1.29, 1.82) is 0 Å². The van der Waals surface area contributed by atoms with Gasteiger partial charge < -0.3 is 19.7 Å². The van der Waals surface area contributed by atoms with Crippen molar-refractivity contribution in [3.63, 3.8) is 0 Å². The molecule has 0 fully saturated rings. The van der Waals surface area contributed by atoms with E-state index < -0.39 is 0 Å². The third-order valence-electron chi connectivity index (χ3n) is 5.28. The Morgan fingerprint density at radius 2 is 1.97 bits per heavy atom. The molecular weight excluding hydrogens is 400 g/mol. The molecular formula is C23H31ClN4O2. The zero-order valence-corrected chi connectivity index (χ0v) is 18.7. The fourth-order valence-corrected chi connectivity index (χ4v) is 4.17.